The Morgan fingerprint density at radius 1 is 0.512 bits per heavy atom. The summed E-state index contributed by atoms with van der Waals surface area (Å²) >= 11 is 8.40. The standard InChI is InChI=1S/C32H26I4O5/c1-3-5-19-13-23(15-21(29(19)37)7-17-9-25(33)31(39)26(34)10-17)41-24-14-20(6-4-2)30(38)22(16-24)8-18-11-27(35)32(40)28(36)12-18/h3-4,9-16,37-40H,1-2,5-8H2. The molecule has 0 saturated carbocycles. The van der Waals surface area contributed by atoms with Crippen LogP contribution in [0.25, 0.3) is 0 Å². The molecule has 4 rings (SSSR count). The number of hydrogen-bond donors (Lipinski definition) is 4. The summed E-state index contributed by atoms with van der Waals surface area (Å²) in [5, 5.41) is 42.5. The number of phenols is 4. The van der Waals surface area contributed by atoms with Gasteiger partial charge in [0.05, 0.1) is 14.3 Å². The summed E-state index contributed by atoms with van der Waals surface area (Å²) in [6.45, 7) is 7.67. The first kappa shape index (κ1) is 32.2. The lowest BCUT2D eigenvalue weighted by Gasteiger charge is -2.16. The van der Waals surface area contributed by atoms with Crippen LogP contribution in [-0.2, 0) is 25.7 Å². The number of hydrogen-bond acceptors (Lipinski definition) is 5. The van der Waals surface area contributed by atoms with E-state index in [9.17, 15) is 20.4 Å². The molecule has 0 spiro atoms. The Labute approximate surface area is 293 Å². The SMILES string of the molecule is C=CCc1cc(Oc2cc(CC=C)c(O)c(Cc3cc(I)c(O)c(I)c3)c2)cc(Cc2cc(I)c(O)c(I)c2)c1O. The molecule has 41 heavy (non-hydrogen) atoms. The maximum atomic E-state index is 11.1. The Morgan fingerprint density at radius 2 is 0.829 bits per heavy atom. The molecule has 0 atom stereocenters. The van der Waals surface area contributed by atoms with Crippen molar-refractivity contribution in [1.29, 1.82) is 0 Å². The van der Waals surface area contributed by atoms with Crippen molar-refractivity contribution in [3.63, 3.8) is 0 Å². The molecule has 0 unspecified atom stereocenters. The predicted octanol–water partition coefficient (Wildman–Crippen LogP) is 9.36. The molecule has 0 aliphatic rings. The zero-order valence-corrected chi connectivity index (χ0v) is 30.4. The van der Waals surface area contributed by atoms with Gasteiger partial charge < -0.3 is 25.2 Å². The van der Waals surface area contributed by atoms with Gasteiger partial charge >= 0.3 is 0 Å². The molecule has 4 aromatic rings. The van der Waals surface area contributed by atoms with Crippen molar-refractivity contribution in [2.45, 2.75) is 25.7 Å². The second-order valence-corrected chi connectivity index (χ2v) is 14.1. The minimum Gasteiger partial charge on any atom is -0.507 e. The van der Waals surface area contributed by atoms with Crippen LogP contribution in [-0.4, -0.2) is 20.4 Å². The molecule has 0 bridgehead atoms. The molecule has 0 fully saturated rings. The number of phenolic OH excluding ortho intramolecular Hbond substituents is 4. The molecule has 0 radical (unpaired) electrons. The van der Waals surface area contributed by atoms with Crippen molar-refractivity contribution in [3.8, 4) is 34.5 Å². The second-order valence-electron chi connectivity index (χ2n) is 9.44. The third-order valence-corrected chi connectivity index (χ3v) is 9.68. The van der Waals surface area contributed by atoms with Crippen molar-refractivity contribution in [2.75, 3.05) is 0 Å². The predicted molar refractivity (Wildman–Crippen MR) is 197 cm³/mol. The fraction of sp³-hybridized carbons (Fsp3) is 0.125. The Hall–Kier alpha value is -1.72. The Balaban J connectivity index is 1.74. The van der Waals surface area contributed by atoms with Gasteiger partial charge in [0, 0.05) is 35.1 Å². The smallest absolute Gasteiger partial charge is 0.142 e. The third kappa shape index (κ3) is 7.82. The fourth-order valence-electron chi connectivity index (χ4n) is 4.48. The van der Waals surface area contributed by atoms with E-state index in [-0.39, 0.29) is 23.0 Å². The zero-order chi connectivity index (χ0) is 29.8. The number of ether oxygens (including phenoxy) is 1. The monoisotopic (exact) mass is 998 g/mol. The van der Waals surface area contributed by atoms with E-state index in [4.69, 9.17) is 4.74 Å². The van der Waals surface area contributed by atoms with E-state index in [2.05, 4.69) is 104 Å². The topological polar surface area (TPSA) is 90.2 Å². The first-order chi connectivity index (χ1) is 19.5. The van der Waals surface area contributed by atoms with Crippen molar-refractivity contribution in [1.82, 2.24) is 0 Å². The lowest BCUT2D eigenvalue weighted by Crippen LogP contribution is -1.98. The lowest BCUT2D eigenvalue weighted by atomic mass is 9.98. The highest BCUT2D eigenvalue weighted by molar-refractivity contribution is 14.1. The molecule has 0 heterocycles. The van der Waals surface area contributed by atoms with E-state index >= 15 is 0 Å². The van der Waals surface area contributed by atoms with Crippen molar-refractivity contribution in [2.24, 2.45) is 0 Å². The Bertz CT molecular complexity index is 1480. The molecule has 4 aromatic carbocycles. The van der Waals surface area contributed by atoms with Gasteiger partial charge in [-0.05, 0) is 163 Å². The summed E-state index contributed by atoms with van der Waals surface area (Å²) in [5.41, 5.74) is 4.66. The molecule has 0 aromatic heterocycles. The summed E-state index contributed by atoms with van der Waals surface area (Å²) in [5.74, 6) is 1.97. The molecule has 212 valence electrons. The minimum absolute atomic E-state index is 0.186. The van der Waals surface area contributed by atoms with Gasteiger partial charge in [-0.2, -0.15) is 0 Å². The second kappa shape index (κ2) is 14.2. The number of rotatable bonds is 10. The fourth-order valence-corrected chi connectivity index (χ4v) is 8.28. The molecular weight excluding hydrogens is 972 g/mol. The van der Waals surface area contributed by atoms with E-state index in [0.29, 0.717) is 59.4 Å². The maximum absolute atomic E-state index is 11.1. The van der Waals surface area contributed by atoms with E-state index in [0.717, 1.165) is 25.4 Å². The summed E-state index contributed by atoms with van der Waals surface area (Å²) in [6, 6.07) is 14.8. The molecule has 0 aliphatic heterocycles. The van der Waals surface area contributed by atoms with E-state index in [1.54, 1.807) is 24.3 Å². The Kier molecular flexibility index (Phi) is 11.1. The number of halogens is 4. The average Bonchev–Trinajstić information content (AvgIpc) is 2.91. The highest BCUT2D eigenvalue weighted by Crippen LogP contribution is 2.38. The van der Waals surface area contributed by atoms with Crippen LogP contribution in [0.3, 0.4) is 0 Å². The molecule has 0 saturated heterocycles. The highest BCUT2D eigenvalue weighted by atomic mass is 127. The molecule has 0 aliphatic carbocycles. The van der Waals surface area contributed by atoms with Crippen LogP contribution in [0.2, 0.25) is 0 Å². The van der Waals surface area contributed by atoms with E-state index in [1.807, 2.05) is 36.4 Å². The number of benzene rings is 4. The first-order valence-electron chi connectivity index (χ1n) is 12.4. The normalized spacial score (nSPS) is 10.9. The molecule has 0 amide bonds. The van der Waals surface area contributed by atoms with Gasteiger partial charge in [-0.25, -0.2) is 0 Å². The largest absolute Gasteiger partial charge is 0.507 e. The zero-order valence-electron chi connectivity index (χ0n) is 21.7. The molecule has 9 heteroatoms. The van der Waals surface area contributed by atoms with Crippen LogP contribution >= 0.6 is 90.4 Å². The van der Waals surface area contributed by atoms with Gasteiger partial charge in [-0.15, -0.1) is 13.2 Å². The van der Waals surface area contributed by atoms with Gasteiger partial charge in [-0.3, -0.25) is 0 Å². The van der Waals surface area contributed by atoms with Crippen LogP contribution < -0.4 is 4.74 Å². The molecule has 5 nitrogen and oxygen atoms in total. The van der Waals surface area contributed by atoms with Gasteiger partial charge in [0.15, 0.2) is 0 Å². The van der Waals surface area contributed by atoms with Crippen molar-refractivity contribution < 1.29 is 25.2 Å². The third-order valence-electron chi connectivity index (χ3n) is 6.39. The van der Waals surface area contributed by atoms with Gasteiger partial charge in [0.25, 0.3) is 0 Å². The van der Waals surface area contributed by atoms with Gasteiger partial charge in [-0.1, -0.05) is 12.2 Å². The maximum Gasteiger partial charge on any atom is 0.142 e. The first-order valence-corrected chi connectivity index (χ1v) is 16.7. The highest BCUT2D eigenvalue weighted by Gasteiger charge is 2.17. The summed E-state index contributed by atoms with van der Waals surface area (Å²) in [4.78, 5) is 0. The minimum atomic E-state index is 0.186. The summed E-state index contributed by atoms with van der Waals surface area (Å²) in [7, 11) is 0. The Morgan fingerprint density at radius 3 is 1.15 bits per heavy atom. The van der Waals surface area contributed by atoms with Crippen LogP contribution in [0.4, 0.5) is 0 Å². The summed E-state index contributed by atoms with van der Waals surface area (Å²) < 4.78 is 9.35. The van der Waals surface area contributed by atoms with Gasteiger partial charge in [0.2, 0.25) is 0 Å². The van der Waals surface area contributed by atoms with Crippen molar-refractivity contribution >= 4 is 90.4 Å². The number of aromatic hydroxyl groups is 4. The van der Waals surface area contributed by atoms with Gasteiger partial charge in [0.1, 0.15) is 34.5 Å². The van der Waals surface area contributed by atoms with Crippen LogP contribution in [0.1, 0.15) is 33.4 Å². The molecule has 4 N–H and O–H groups in total. The number of allylic oxidation sites excluding steroid dienone is 2. The quantitative estimate of drug-likeness (QED) is 0.0941. The van der Waals surface area contributed by atoms with Crippen LogP contribution in [0.5, 0.6) is 34.5 Å². The van der Waals surface area contributed by atoms with E-state index < -0.39 is 0 Å². The average molecular weight is 998 g/mol. The van der Waals surface area contributed by atoms with Crippen LogP contribution in [0, 0.1) is 14.3 Å². The molecular formula is C32H26I4O5. The lowest BCUT2D eigenvalue weighted by molar-refractivity contribution is 0.447. The summed E-state index contributed by atoms with van der Waals surface area (Å²) in [6.07, 6.45) is 5.27. The van der Waals surface area contributed by atoms with Crippen LogP contribution in [0.15, 0.2) is 73.8 Å². The van der Waals surface area contributed by atoms with Crippen molar-refractivity contribution in [3.05, 3.63) is 122 Å². The van der Waals surface area contributed by atoms with E-state index in [1.165, 1.54) is 0 Å².